The van der Waals surface area contributed by atoms with E-state index in [-0.39, 0.29) is 0 Å². The van der Waals surface area contributed by atoms with Crippen LogP contribution in [0.1, 0.15) is 26.7 Å². The van der Waals surface area contributed by atoms with Crippen LogP contribution in [0.15, 0.2) is 0 Å². The van der Waals surface area contributed by atoms with Gasteiger partial charge in [0.15, 0.2) is 0 Å². The molecule has 13 heavy (non-hydrogen) atoms. The lowest BCUT2D eigenvalue weighted by Crippen LogP contribution is -2.40. The molecule has 0 aromatic carbocycles. The molecule has 0 amide bonds. The minimum atomic E-state index is 0.709. The average molecular weight is 183 g/mol. The molecular weight excluding hydrogens is 162 g/mol. The van der Waals surface area contributed by atoms with Gasteiger partial charge >= 0.3 is 0 Å². The van der Waals surface area contributed by atoms with Crippen molar-refractivity contribution in [3.8, 4) is 0 Å². The second-order valence-corrected chi connectivity index (χ2v) is 4.89. The maximum Gasteiger partial charge on any atom is 0.0506 e. The largest absolute Gasteiger partial charge is 0.381 e. The Kier molecular flexibility index (Phi) is 2.89. The minimum absolute atomic E-state index is 0.709. The topological polar surface area (TPSA) is 12.5 Å². The van der Waals surface area contributed by atoms with Gasteiger partial charge in [-0.25, -0.2) is 0 Å². The molecule has 2 atom stereocenters. The van der Waals surface area contributed by atoms with Crippen molar-refractivity contribution in [3.63, 3.8) is 0 Å². The summed E-state index contributed by atoms with van der Waals surface area (Å²) in [6.45, 7) is 9.13. The molecule has 0 aromatic heterocycles. The summed E-state index contributed by atoms with van der Waals surface area (Å²) in [5, 5.41) is 0. The SMILES string of the molecule is CC(C)N1CC2CCC(COC2)C1. The van der Waals surface area contributed by atoms with Gasteiger partial charge in [-0.1, -0.05) is 0 Å². The van der Waals surface area contributed by atoms with Gasteiger partial charge < -0.3 is 9.64 Å². The molecule has 2 unspecified atom stereocenters. The summed E-state index contributed by atoms with van der Waals surface area (Å²) in [6.07, 6.45) is 2.77. The van der Waals surface area contributed by atoms with E-state index in [9.17, 15) is 0 Å². The summed E-state index contributed by atoms with van der Waals surface area (Å²) in [4.78, 5) is 2.63. The molecule has 0 radical (unpaired) electrons. The van der Waals surface area contributed by atoms with Gasteiger partial charge in [-0.05, 0) is 38.5 Å². The second kappa shape index (κ2) is 3.97. The van der Waals surface area contributed by atoms with Crippen molar-refractivity contribution in [3.05, 3.63) is 0 Å². The smallest absolute Gasteiger partial charge is 0.0506 e. The first kappa shape index (κ1) is 9.47. The van der Waals surface area contributed by atoms with E-state index in [1.165, 1.54) is 25.9 Å². The first-order valence-corrected chi connectivity index (χ1v) is 5.57. The molecule has 0 aliphatic carbocycles. The molecule has 2 aliphatic rings. The summed E-state index contributed by atoms with van der Waals surface area (Å²) in [5.41, 5.74) is 0. The Labute approximate surface area is 81.3 Å². The Morgan fingerprint density at radius 2 is 1.62 bits per heavy atom. The second-order valence-electron chi connectivity index (χ2n) is 4.89. The van der Waals surface area contributed by atoms with Gasteiger partial charge in [0.1, 0.15) is 0 Å². The highest BCUT2D eigenvalue weighted by molar-refractivity contribution is 4.80. The van der Waals surface area contributed by atoms with Gasteiger partial charge in [0.05, 0.1) is 13.2 Å². The third kappa shape index (κ3) is 2.23. The van der Waals surface area contributed by atoms with E-state index < -0.39 is 0 Å². The van der Waals surface area contributed by atoms with Crippen molar-refractivity contribution in [2.75, 3.05) is 26.3 Å². The third-order valence-corrected chi connectivity index (χ3v) is 3.41. The maximum atomic E-state index is 5.66. The first-order valence-electron chi connectivity index (χ1n) is 5.57. The van der Waals surface area contributed by atoms with E-state index in [0.717, 1.165) is 25.0 Å². The van der Waals surface area contributed by atoms with Gasteiger partial charge in [0.25, 0.3) is 0 Å². The monoisotopic (exact) mass is 183 g/mol. The standard InChI is InChI=1S/C11H21NO/c1-9(2)12-5-10-3-4-11(6-12)8-13-7-10/h9-11H,3-8H2,1-2H3. The lowest BCUT2D eigenvalue weighted by atomic mass is 10.0. The van der Waals surface area contributed by atoms with E-state index >= 15 is 0 Å². The highest BCUT2D eigenvalue weighted by Crippen LogP contribution is 2.26. The predicted molar refractivity (Wildman–Crippen MR) is 53.7 cm³/mol. The molecule has 2 nitrogen and oxygen atoms in total. The zero-order valence-corrected chi connectivity index (χ0v) is 8.83. The highest BCUT2D eigenvalue weighted by atomic mass is 16.5. The van der Waals surface area contributed by atoms with Gasteiger partial charge in [-0.2, -0.15) is 0 Å². The summed E-state index contributed by atoms with van der Waals surface area (Å²) in [6, 6.07) is 0.709. The Morgan fingerprint density at radius 1 is 1.08 bits per heavy atom. The van der Waals surface area contributed by atoms with Gasteiger partial charge in [-0.15, -0.1) is 0 Å². The molecular formula is C11H21NO. The zero-order chi connectivity index (χ0) is 9.26. The third-order valence-electron chi connectivity index (χ3n) is 3.41. The van der Waals surface area contributed by atoms with Crippen molar-refractivity contribution in [2.24, 2.45) is 11.8 Å². The van der Waals surface area contributed by atoms with Crippen LogP contribution in [0.5, 0.6) is 0 Å². The fraction of sp³-hybridized carbons (Fsp3) is 1.00. The van der Waals surface area contributed by atoms with Gasteiger partial charge in [0.2, 0.25) is 0 Å². The summed E-state index contributed by atoms with van der Waals surface area (Å²) in [7, 11) is 0. The Balaban J connectivity index is 2.03. The first-order chi connectivity index (χ1) is 6.25. The van der Waals surface area contributed by atoms with E-state index in [1.807, 2.05) is 0 Å². The van der Waals surface area contributed by atoms with Crippen LogP contribution < -0.4 is 0 Å². The molecule has 2 heterocycles. The number of likely N-dealkylation sites (tertiary alicyclic amines) is 1. The molecule has 0 spiro atoms. The Hall–Kier alpha value is -0.0800. The summed E-state index contributed by atoms with van der Waals surface area (Å²) < 4.78 is 5.66. The van der Waals surface area contributed by atoms with Gasteiger partial charge in [-0.3, -0.25) is 0 Å². The van der Waals surface area contributed by atoms with Crippen LogP contribution in [0.3, 0.4) is 0 Å². The predicted octanol–water partition coefficient (Wildman–Crippen LogP) is 1.75. The zero-order valence-electron chi connectivity index (χ0n) is 8.83. The molecule has 2 rings (SSSR count). The molecule has 2 fully saturated rings. The molecule has 76 valence electrons. The lowest BCUT2D eigenvalue weighted by molar-refractivity contribution is 0.0371. The maximum absolute atomic E-state index is 5.66. The summed E-state index contributed by atoms with van der Waals surface area (Å²) >= 11 is 0. The summed E-state index contributed by atoms with van der Waals surface area (Å²) in [5.74, 6) is 1.60. The lowest BCUT2D eigenvalue weighted by Gasteiger charge is -2.31. The number of rotatable bonds is 1. The van der Waals surface area contributed by atoms with Crippen LogP contribution in [0.4, 0.5) is 0 Å². The van der Waals surface area contributed by atoms with E-state index in [2.05, 4.69) is 18.7 Å². The Bertz CT molecular complexity index is 155. The van der Waals surface area contributed by atoms with Crippen molar-refractivity contribution in [2.45, 2.75) is 32.7 Å². The molecule has 0 aromatic rings. The number of nitrogens with zero attached hydrogens (tertiary/aromatic N) is 1. The quantitative estimate of drug-likeness (QED) is 0.614. The van der Waals surface area contributed by atoms with Crippen LogP contribution in [0, 0.1) is 11.8 Å². The van der Waals surface area contributed by atoms with Crippen molar-refractivity contribution in [1.82, 2.24) is 4.90 Å². The number of fused-ring (bicyclic) bond motifs is 3. The highest BCUT2D eigenvalue weighted by Gasteiger charge is 2.28. The number of hydrogen-bond acceptors (Lipinski definition) is 2. The molecule has 2 saturated heterocycles. The number of hydrogen-bond donors (Lipinski definition) is 0. The van der Waals surface area contributed by atoms with Crippen LogP contribution >= 0.6 is 0 Å². The van der Waals surface area contributed by atoms with Crippen molar-refractivity contribution in [1.29, 1.82) is 0 Å². The van der Waals surface area contributed by atoms with E-state index in [0.29, 0.717) is 6.04 Å². The average Bonchev–Trinajstić information content (AvgIpc) is 2.34. The molecule has 0 N–H and O–H groups in total. The fourth-order valence-corrected chi connectivity index (χ4v) is 2.49. The number of ether oxygens (including phenoxy) is 1. The molecule has 2 bridgehead atoms. The van der Waals surface area contributed by atoms with Crippen molar-refractivity contribution >= 4 is 0 Å². The fourth-order valence-electron chi connectivity index (χ4n) is 2.49. The minimum Gasteiger partial charge on any atom is -0.381 e. The van der Waals surface area contributed by atoms with Gasteiger partial charge in [0, 0.05) is 19.1 Å². The van der Waals surface area contributed by atoms with E-state index in [4.69, 9.17) is 4.74 Å². The van der Waals surface area contributed by atoms with Crippen LogP contribution in [0.25, 0.3) is 0 Å². The molecule has 2 heteroatoms. The van der Waals surface area contributed by atoms with Crippen LogP contribution in [-0.4, -0.2) is 37.2 Å². The normalized spacial score (nSPS) is 36.2. The Morgan fingerprint density at radius 3 is 2.08 bits per heavy atom. The van der Waals surface area contributed by atoms with Crippen LogP contribution in [-0.2, 0) is 4.74 Å². The molecule has 2 aliphatic heterocycles. The van der Waals surface area contributed by atoms with E-state index in [1.54, 1.807) is 0 Å². The molecule has 0 saturated carbocycles. The van der Waals surface area contributed by atoms with Crippen LogP contribution in [0.2, 0.25) is 0 Å². The van der Waals surface area contributed by atoms with Crippen molar-refractivity contribution < 1.29 is 4.74 Å².